The van der Waals surface area contributed by atoms with Crippen LogP contribution in [0.5, 0.6) is 5.75 Å². The minimum atomic E-state index is -0.687. The lowest BCUT2D eigenvalue weighted by Crippen LogP contribution is -2.20. The van der Waals surface area contributed by atoms with E-state index in [4.69, 9.17) is 4.74 Å². The number of likely N-dealkylation sites (N-methyl/N-ethyl adjacent to an activating group) is 1. The highest BCUT2D eigenvalue weighted by Crippen LogP contribution is 2.31. The van der Waals surface area contributed by atoms with Crippen molar-refractivity contribution in [2.45, 2.75) is 6.54 Å². The van der Waals surface area contributed by atoms with Gasteiger partial charge in [0.1, 0.15) is 24.0 Å². The fourth-order valence-electron chi connectivity index (χ4n) is 3.55. The highest BCUT2D eigenvalue weighted by atomic mass is 19.1. The SMILES string of the molecule is CN(C)CCOc1ccc(-c2c(F)cccc2F)cc1C(=O)/C=C/c1ccccc1CN(C)C. The van der Waals surface area contributed by atoms with E-state index in [0.29, 0.717) is 18.9 Å². The second kappa shape index (κ2) is 11.7. The third-order valence-corrected chi connectivity index (χ3v) is 5.25. The van der Waals surface area contributed by atoms with Gasteiger partial charge in [0.05, 0.1) is 11.1 Å². The van der Waals surface area contributed by atoms with E-state index < -0.39 is 11.6 Å². The number of carbonyl (C=O) groups is 1. The zero-order valence-corrected chi connectivity index (χ0v) is 20.0. The first kappa shape index (κ1) is 25.3. The Bertz CT molecular complexity index is 1150. The number of hydrogen-bond acceptors (Lipinski definition) is 4. The average molecular weight is 465 g/mol. The molecular formula is C28H30F2N2O2. The second-order valence-corrected chi connectivity index (χ2v) is 8.59. The fraction of sp³-hybridized carbons (Fsp3) is 0.250. The summed E-state index contributed by atoms with van der Waals surface area (Å²) >= 11 is 0. The summed E-state index contributed by atoms with van der Waals surface area (Å²) in [6.45, 7) is 1.76. The molecule has 0 bridgehead atoms. The monoisotopic (exact) mass is 464 g/mol. The van der Waals surface area contributed by atoms with Gasteiger partial charge in [-0.3, -0.25) is 4.79 Å². The first-order chi connectivity index (χ1) is 16.3. The molecule has 3 aromatic rings. The third-order valence-electron chi connectivity index (χ3n) is 5.25. The number of rotatable bonds is 10. The van der Waals surface area contributed by atoms with Crippen LogP contribution in [-0.2, 0) is 6.54 Å². The molecule has 0 aliphatic carbocycles. The minimum Gasteiger partial charge on any atom is -0.491 e. The van der Waals surface area contributed by atoms with Crippen molar-refractivity contribution >= 4 is 11.9 Å². The molecule has 0 aliphatic rings. The topological polar surface area (TPSA) is 32.8 Å². The molecule has 0 atom stereocenters. The van der Waals surface area contributed by atoms with Gasteiger partial charge in [-0.25, -0.2) is 8.78 Å². The third kappa shape index (κ3) is 6.59. The number of halogens is 2. The summed E-state index contributed by atoms with van der Waals surface area (Å²) in [6.07, 6.45) is 3.24. The van der Waals surface area contributed by atoms with Gasteiger partial charge in [-0.15, -0.1) is 0 Å². The Kier molecular flexibility index (Phi) is 8.68. The average Bonchev–Trinajstić information content (AvgIpc) is 2.78. The van der Waals surface area contributed by atoms with E-state index in [2.05, 4.69) is 4.90 Å². The van der Waals surface area contributed by atoms with Crippen molar-refractivity contribution in [3.8, 4) is 16.9 Å². The molecule has 3 aromatic carbocycles. The summed E-state index contributed by atoms with van der Waals surface area (Å²) in [4.78, 5) is 17.3. The Balaban J connectivity index is 1.98. The van der Waals surface area contributed by atoms with Gasteiger partial charge < -0.3 is 14.5 Å². The zero-order chi connectivity index (χ0) is 24.7. The molecule has 0 aliphatic heterocycles. The highest BCUT2D eigenvalue weighted by molar-refractivity contribution is 6.09. The first-order valence-corrected chi connectivity index (χ1v) is 11.1. The maximum Gasteiger partial charge on any atom is 0.189 e. The molecule has 0 radical (unpaired) electrons. The quantitative estimate of drug-likeness (QED) is 0.292. The Labute approximate surface area is 200 Å². The van der Waals surface area contributed by atoms with E-state index in [0.717, 1.165) is 17.7 Å². The summed E-state index contributed by atoms with van der Waals surface area (Å²) in [5, 5.41) is 0. The van der Waals surface area contributed by atoms with Crippen molar-refractivity contribution in [3.05, 3.63) is 95.1 Å². The number of hydrogen-bond donors (Lipinski definition) is 0. The summed E-state index contributed by atoms with van der Waals surface area (Å²) in [7, 11) is 7.81. The molecule has 0 amide bonds. The number of nitrogens with zero attached hydrogens (tertiary/aromatic N) is 2. The van der Waals surface area contributed by atoms with Gasteiger partial charge in [0.25, 0.3) is 0 Å². The van der Waals surface area contributed by atoms with Crippen LogP contribution in [0.15, 0.2) is 66.7 Å². The van der Waals surface area contributed by atoms with Crippen molar-refractivity contribution < 1.29 is 18.3 Å². The van der Waals surface area contributed by atoms with Crippen LogP contribution >= 0.6 is 0 Å². The van der Waals surface area contributed by atoms with Crippen molar-refractivity contribution in [3.63, 3.8) is 0 Å². The van der Waals surface area contributed by atoms with Crippen LogP contribution < -0.4 is 4.74 Å². The molecule has 34 heavy (non-hydrogen) atoms. The number of benzene rings is 3. The molecule has 0 spiro atoms. The number of carbonyl (C=O) groups excluding carboxylic acids is 1. The highest BCUT2D eigenvalue weighted by Gasteiger charge is 2.17. The molecule has 0 N–H and O–H groups in total. The second-order valence-electron chi connectivity index (χ2n) is 8.59. The Morgan fingerprint density at radius 2 is 1.62 bits per heavy atom. The Morgan fingerprint density at radius 3 is 2.29 bits per heavy atom. The van der Waals surface area contributed by atoms with Crippen LogP contribution in [0.2, 0.25) is 0 Å². The Hall–Kier alpha value is -3.35. The van der Waals surface area contributed by atoms with Crippen LogP contribution in [0.1, 0.15) is 21.5 Å². The zero-order valence-electron chi connectivity index (χ0n) is 20.0. The molecule has 0 unspecified atom stereocenters. The van der Waals surface area contributed by atoms with Gasteiger partial charge in [-0.2, -0.15) is 0 Å². The van der Waals surface area contributed by atoms with Crippen molar-refractivity contribution in [1.29, 1.82) is 0 Å². The van der Waals surface area contributed by atoms with E-state index in [9.17, 15) is 13.6 Å². The van der Waals surface area contributed by atoms with Gasteiger partial charge in [0.2, 0.25) is 0 Å². The number of ketones is 1. The normalized spacial score (nSPS) is 11.5. The van der Waals surface area contributed by atoms with E-state index in [1.54, 1.807) is 18.2 Å². The summed E-state index contributed by atoms with van der Waals surface area (Å²) in [6, 6.07) is 16.2. The van der Waals surface area contributed by atoms with Crippen LogP contribution in [0, 0.1) is 11.6 Å². The largest absolute Gasteiger partial charge is 0.491 e. The molecule has 4 nitrogen and oxygen atoms in total. The van der Waals surface area contributed by atoms with Crippen molar-refractivity contribution in [1.82, 2.24) is 9.80 Å². The summed E-state index contributed by atoms with van der Waals surface area (Å²) in [5.41, 5.74) is 2.37. The van der Waals surface area contributed by atoms with Crippen LogP contribution in [0.25, 0.3) is 17.2 Å². The van der Waals surface area contributed by atoms with E-state index in [-0.39, 0.29) is 22.5 Å². The van der Waals surface area contributed by atoms with E-state index in [1.807, 2.05) is 57.4 Å². The van der Waals surface area contributed by atoms with Gasteiger partial charge in [0, 0.05) is 13.1 Å². The molecular weight excluding hydrogens is 434 g/mol. The molecule has 0 saturated carbocycles. The molecule has 0 heterocycles. The molecule has 0 saturated heterocycles. The predicted molar refractivity (Wildman–Crippen MR) is 133 cm³/mol. The van der Waals surface area contributed by atoms with Gasteiger partial charge in [-0.1, -0.05) is 42.5 Å². The van der Waals surface area contributed by atoms with Crippen LogP contribution in [-0.4, -0.2) is 56.9 Å². The van der Waals surface area contributed by atoms with Crippen LogP contribution in [0.4, 0.5) is 8.78 Å². The fourth-order valence-corrected chi connectivity index (χ4v) is 3.55. The maximum atomic E-state index is 14.4. The number of ether oxygens (including phenoxy) is 1. The summed E-state index contributed by atoms with van der Waals surface area (Å²) in [5.74, 6) is -1.31. The van der Waals surface area contributed by atoms with Gasteiger partial charge >= 0.3 is 0 Å². The Morgan fingerprint density at radius 1 is 0.912 bits per heavy atom. The molecule has 178 valence electrons. The van der Waals surface area contributed by atoms with Gasteiger partial charge in [0.15, 0.2) is 5.78 Å². The van der Waals surface area contributed by atoms with Crippen molar-refractivity contribution in [2.24, 2.45) is 0 Å². The van der Waals surface area contributed by atoms with Crippen LogP contribution in [0.3, 0.4) is 0 Å². The molecule has 0 fully saturated rings. The van der Waals surface area contributed by atoms with E-state index in [1.165, 1.54) is 30.3 Å². The first-order valence-electron chi connectivity index (χ1n) is 11.1. The van der Waals surface area contributed by atoms with Gasteiger partial charge in [-0.05, 0) is 75.2 Å². The molecule has 3 rings (SSSR count). The predicted octanol–water partition coefficient (Wildman–Crippen LogP) is 5.53. The standard InChI is InChI=1S/C28H30F2N2O2/c1-31(2)16-17-34-27-15-13-21(28-24(29)10-7-11-25(28)30)18-23(27)26(33)14-12-20-8-5-6-9-22(20)19-32(3)4/h5-15,18H,16-17,19H2,1-4H3/b14-12+. The number of allylic oxidation sites excluding steroid dienone is 1. The summed E-state index contributed by atoms with van der Waals surface area (Å²) < 4.78 is 34.7. The lowest BCUT2D eigenvalue weighted by atomic mass is 9.98. The smallest absolute Gasteiger partial charge is 0.189 e. The van der Waals surface area contributed by atoms with E-state index >= 15 is 0 Å². The lowest BCUT2D eigenvalue weighted by Gasteiger charge is -2.15. The molecule has 6 heteroatoms. The lowest BCUT2D eigenvalue weighted by molar-refractivity contribution is 0.104. The minimum absolute atomic E-state index is 0.170. The van der Waals surface area contributed by atoms with Crippen molar-refractivity contribution in [2.75, 3.05) is 41.3 Å². The maximum absolute atomic E-state index is 14.4. The molecule has 0 aromatic heterocycles.